The van der Waals surface area contributed by atoms with Crippen LogP contribution in [0, 0.1) is 13.8 Å². The molecule has 0 saturated carbocycles. The Balaban J connectivity index is 2.40. The molecule has 0 saturated heterocycles. The summed E-state index contributed by atoms with van der Waals surface area (Å²) in [6.45, 7) is 7.60. The predicted molar refractivity (Wildman–Crippen MR) is 71.5 cm³/mol. The second-order valence-electron chi connectivity index (χ2n) is 4.61. The van der Waals surface area contributed by atoms with Crippen LogP contribution in [0.15, 0.2) is 17.6 Å². The van der Waals surface area contributed by atoms with Gasteiger partial charge in [-0.3, -0.25) is 9.40 Å². The zero-order chi connectivity index (χ0) is 14.2. The third kappa shape index (κ3) is 2.48. The van der Waals surface area contributed by atoms with Crippen molar-refractivity contribution in [3.05, 3.63) is 23.9 Å². The van der Waals surface area contributed by atoms with Crippen molar-refractivity contribution in [2.75, 3.05) is 4.72 Å². The zero-order valence-corrected chi connectivity index (χ0v) is 12.1. The van der Waals surface area contributed by atoms with Crippen molar-refractivity contribution < 1.29 is 8.42 Å². The number of aromatic amines is 1. The van der Waals surface area contributed by atoms with Crippen molar-refractivity contribution in [2.24, 2.45) is 0 Å². The second-order valence-corrected chi connectivity index (χ2v) is 6.26. The summed E-state index contributed by atoms with van der Waals surface area (Å²) in [5.41, 5.74) is 1.95. The molecule has 0 atom stereocenters. The Kier molecular flexibility index (Phi) is 3.36. The molecule has 0 unspecified atom stereocenters. The van der Waals surface area contributed by atoms with E-state index in [-0.39, 0.29) is 11.1 Å². The Hall–Kier alpha value is -1.83. The van der Waals surface area contributed by atoms with Gasteiger partial charge in [-0.05, 0) is 27.7 Å². The second kappa shape index (κ2) is 4.69. The molecule has 0 fully saturated rings. The molecule has 2 heterocycles. The summed E-state index contributed by atoms with van der Waals surface area (Å²) in [6, 6.07) is 0.170. The Bertz CT molecular complexity index is 670. The molecular formula is C11H17N5O2S. The molecule has 0 bridgehead atoms. The molecule has 2 rings (SSSR count). The first kappa shape index (κ1) is 13.6. The summed E-state index contributed by atoms with van der Waals surface area (Å²) in [5, 5.41) is 4.37. The molecule has 19 heavy (non-hydrogen) atoms. The third-order valence-corrected chi connectivity index (χ3v) is 4.09. The normalized spacial score (nSPS) is 12.1. The number of rotatable bonds is 4. The van der Waals surface area contributed by atoms with Crippen molar-refractivity contribution in [3.8, 4) is 0 Å². The van der Waals surface area contributed by atoms with Crippen LogP contribution < -0.4 is 4.72 Å². The molecular weight excluding hydrogens is 266 g/mol. The van der Waals surface area contributed by atoms with E-state index in [1.165, 1.54) is 12.5 Å². The van der Waals surface area contributed by atoms with Crippen molar-refractivity contribution in [3.63, 3.8) is 0 Å². The minimum atomic E-state index is -3.65. The highest BCUT2D eigenvalue weighted by Crippen LogP contribution is 2.24. The van der Waals surface area contributed by atoms with Crippen LogP contribution in [-0.4, -0.2) is 28.2 Å². The maximum Gasteiger partial charge on any atom is 0.279 e. The number of sulfonamides is 1. The van der Waals surface area contributed by atoms with Gasteiger partial charge in [-0.25, -0.2) is 4.98 Å². The number of anilines is 1. The molecule has 0 aliphatic heterocycles. The highest BCUT2D eigenvalue weighted by Gasteiger charge is 2.21. The SMILES string of the molecule is Cc1nn(C(C)C)c(C)c1NS(=O)(=O)c1cnc[nH]1. The van der Waals surface area contributed by atoms with Gasteiger partial charge in [-0.15, -0.1) is 0 Å². The number of nitrogens with one attached hydrogen (secondary N) is 2. The number of H-pyrrole nitrogens is 1. The first-order chi connectivity index (χ1) is 8.83. The van der Waals surface area contributed by atoms with Gasteiger partial charge in [-0.1, -0.05) is 0 Å². The summed E-state index contributed by atoms with van der Waals surface area (Å²) in [6.07, 6.45) is 2.59. The quantitative estimate of drug-likeness (QED) is 0.891. The standard InChI is InChI=1S/C11H17N5O2S/c1-7(2)16-9(4)11(8(3)14-16)15-19(17,18)10-5-12-6-13-10/h5-7,15H,1-4H3,(H,12,13). The van der Waals surface area contributed by atoms with Gasteiger partial charge in [-0.2, -0.15) is 13.5 Å². The fourth-order valence-electron chi connectivity index (χ4n) is 1.89. The van der Waals surface area contributed by atoms with Crippen LogP contribution in [0.5, 0.6) is 0 Å². The average Bonchev–Trinajstić information content (AvgIpc) is 2.92. The lowest BCUT2D eigenvalue weighted by molar-refractivity contribution is 0.516. The van der Waals surface area contributed by atoms with E-state index in [1.54, 1.807) is 11.6 Å². The van der Waals surface area contributed by atoms with Gasteiger partial charge in [0, 0.05) is 6.04 Å². The van der Waals surface area contributed by atoms with E-state index >= 15 is 0 Å². The van der Waals surface area contributed by atoms with Crippen LogP contribution in [0.4, 0.5) is 5.69 Å². The van der Waals surface area contributed by atoms with E-state index in [0.717, 1.165) is 5.69 Å². The number of hydrogen-bond donors (Lipinski definition) is 2. The molecule has 0 aliphatic rings. The monoisotopic (exact) mass is 283 g/mol. The Labute approximate surface area is 112 Å². The highest BCUT2D eigenvalue weighted by atomic mass is 32.2. The maximum atomic E-state index is 12.1. The Morgan fingerprint density at radius 2 is 2.05 bits per heavy atom. The minimum absolute atomic E-state index is 0.0311. The van der Waals surface area contributed by atoms with Crippen LogP contribution in [0.3, 0.4) is 0 Å². The molecule has 0 radical (unpaired) electrons. The molecule has 2 N–H and O–H groups in total. The molecule has 2 aromatic heterocycles. The fourth-order valence-corrected chi connectivity index (χ4v) is 2.97. The minimum Gasteiger partial charge on any atom is -0.334 e. The van der Waals surface area contributed by atoms with Crippen molar-refractivity contribution in [2.45, 2.75) is 38.8 Å². The van der Waals surface area contributed by atoms with E-state index < -0.39 is 10.0 Å². The van der Waals surface area contributed by atoms with E-state index in [4.69, 9.17) is 0 Å². The summed E-state index contributed by atoms with van der Waals surface area (Å²) < 4.78 is 28.6. The molecule has 0 spiro atoms. The first-order valence-corrected chi connectivity index (χ1v) is 7.38. The summed E-state index contributed by atoms with van der Waals surface area (Å²) >= 11 is 0. The summed E-state index contributed by atoms with van der Waals surface area (Å²) in [4.78, 5) is 6.29. The number of nitrogens with zero attached hydrogens (tertiary/aromatic N) is 3. The van der Waals surface area contributed by atoms with Gasteiger partial charge in [0.15, 0.2) is 5.03 Å². The lowest BCUT2D eigenvalue weighted by atomic mass is 10.3. The molecule has 0 aromatic carbocycles. The molecule has 0 amide bonds. The molecule has 7 nitrogen and oxygen atoms in total. The number of aromatic nitrogens is 4. The van der Waals surface area contributed by atoms with Crippen LogP contribution in [0.2, 0.25) is 0 Å². The van der Waals surface area contributed by atoms with Gasteiger partial charge in [0.25, 0.3) is 10.0 Å². The van der Waals surface area contributed by atoms with Gasteiger partial charge in [0.2, 0.25) is 0 Å². The number of imidazole rings is 1. The van der Waals surface area contributed by atoms with E-state index in [0.29, 0.717) is 11.4 Å². The van der Waals surface area contributed by atoms with Crippen LogP contribution in [-0.2, 0) is 10.0 Å². The summed E-state index contributed by atoms with van der Waals surface area (Å²) in [7, 11) is -3.65. The third-order valence-electron chi connectivity index (χ3n) is 2.81. The first-order valence-electron chi connectivity index (χ1n) is 5.90. The van der Waals surface area contributed by atoms with Crippen LogP contribution in [0.1, 0.15) is 31.3 Å². The number of aryl methyl sites for hydroxylation is 1. The van der Waals surface area contributed by atoms with Crippen molar-refractivity contribution in [1.82, 2.24) is 19.7 Å². The van der Waals surface area contributed by atoms with Gasteiger partial charge >= 0.3 is 0 Å². The molecule has 8 heteroatoms. The van der Waals surface area contributed by atoms with Gasteiger partial charge in [0.1, 0.15) is 0 Å². The van der Waals surface area contributed by atoms with E-state index in [2.05, 4.69) is 19.8 Å². The largest absolute Gasteiger partial charge is 0.334 e. The average molecular weight is 283 g/mol. The van der Waals surface area contributed by atoms with Gasteiger partial charge in [0.05, 0.1) is 29.6 Å². The number of hydrogen-bond acceptors (Lipinski definition) is 4. The van der Waals surface area contributed by atoms with Crippen molar-refractivity contribution >= 4 is 15.7 Å². The lowest BCUT2D eigenvalue weighted by Gasteiger charge is -2.09. The predicted octanol–water partition coefficient (Wildman–Crippen LogP) is 1.60. The zero-order valence-electron chi connectivity index (χ0n) is 11.3. The van der Waals surface area contributed by atoms with Crippen LogP contribution >= 0.6 is 0 Å². The maximum absolute atomic E-state index is 12.1. The fraction of sp³-hybridized carbons (Fsp3) is 0.455. The molecule has 0 aliphatic carbocycles. The Morgan fingerprint density at radius 3 is 2.53 bits per heavy atom. The molecule has 104 valence electrons. The lowest BCUT2D eigenvalue weighted by Crippen LogP contribution is -2.14. The van der Waals surface area contributed by atoms with E-state index in [1.807, 2.05) is 20.8 Å². The van der Waals surface area contributed by atoms with Crippen molar-refractivity contribution in [1.29, 1.82) is 0 Å². The Morgan fingerprint density at radius 1 is 1.37 bits per heavy atom. The van der Waals surface area contributed by atoms with Crippen LogP contribution in [0.25, 0.3) is 0 Å². The molecule has 2 aromatic rings. The highest BCUT2D eigenvalue weighted by molar-refractivity contribution is 7.92. The van der Waals surface area contributed by atoms with Gasteiger partial charge < -0.3 is 4.98 Å². The smallest absolute Gasteiger partial charge is 0.279 e. The topological polar surface area (TPSA) is 92.7 Å². The van der Waals surface area contributed by atoms with E-state index in [9.17, 15) is 8.42 Å². The summed E-state index contributed by atoms with van der Waals surface area (Å²) in [5.74, 6) is 0.